The molecule has 0 saturated carbocycles. The number of rotatable bonds is 56. The third kappa shape index (κ3) is 52.0. The van der Waals surface area contributed by atoms with Gasteiger partial charge >= 0.3 is 5.97 Å². The first-order valence-electron chi connectivity index (χ1n) is 29.9. The van der Waals surface area contributed by atoms with E-state index < -0.39 is 12.1 Å². The maximum absolute atomic E-state index is 12.5. The molecule has 0 aliphatic rings. The Kier molecular flexibility index (Phi) is 55.0. The third-order valence-electron chi connectivity index (χ3n) is 14.1. The molecule has 0 bridgehead atoms. The number of nitrogens with one attached hydrogen (secondary N) is 1. The molecular weight excluding hydrogens is 815 g/mol. The first kappa shape index (κ1) is 64.6. The Labute approximate surface area is 412 Å². The first-order chi connectivity index (χ1) is 32.5. The summed E-state index contributed by atoms with van der Waals surface area (Å²) in [6.45, 7) is 4.96. The highest BCUT2D eigenvalue weighted by Gasteiger charge is 2.20. The number of amides is 1. The fourth-order valence-electron chi connectivity index (χ4n) is 9.46. The van der Waals surface area contributed by atoms with Crippen molar-refractivity contribution in [1.29, 1.82) is 0 Å². The highest BCUT2D eigenvalue weighted by atomic mass is 16.5. The Balaban J connectivity index is 3.41. The number of aliphatic hydroxyl groups excluding tert-OH is 2. The van der Waals surface area contributed by atoms with Crippen LogP contribution in [-0.2, 0) is 14.3 Å². The molecule has 392 valence electrons. The van der Waals surface area contributed by atoms with Crippen LogP contribution in [0.15, 0.2) is 12.2 Å². The number of aliphatic hydroxyl groups is 2. The van der Waals surface area contributed by atoms with Gasteiger partial charge in [-0.2, -0.15) is 0 Å². The van der Waals surface area contributed by atoms with Crippen molar-refractivity contribution in [2.75, 3.05) is 13.2 Å². The fourth-order valence-corrected chi connectivity index (χ4v) is 9.46. The standard InChI is InChI=1S/C60H117NO5/c1-3-5-7-9-11-13-15-17-19-26-30-34-38-42-46-50-54-60(65)66-55-51-47-43-39-35-31-27-24-22-20-21-23-25-29-33-37-41-45-49-53-59(64)61-57(56-62)58(63)52-48-44-40-36-32-28-18-16-14-12-10-8-6-4-2/h20-21,57-58,62-63H,3-19,22-56H2,1-2H3,(H,61,64)/b21-20-. The van der Waals surface area contributed by atoms with Crippen molar-refractivity contribution in [2.45, 2.75) is 347 Å². The topological polar surface area (TPSA) is 95.9 Å². The van der Waals surface area contributed by atoms with Crippen LogP contribution in [-0.4, -0.2) is 47.4 Å². The second-order valence-electron chi connectivity index (χ2n) is 20.7. The summed E-state index contributed by atoms with van der Waals surface area (Å²) >= 11 is 0. The van der Waals surface area contributed by atoms with Gasteiger partial charge in [0, 0.05) is 12.8 Å². The van der Waals surface area contributed by atoms with Crippen molar-refractivity contribution in [1.82, 2.24) is 5.32 Å². The maximum Gasteiger partial charge on any atom is 0.305 e. The van der Waals surface area contributed by atoms with Crippen molar-refractivity contribution in [3.63, 3.8) is 0 Å². The second-order valence-corrected chi connectivity index (χ2v) is 20.7. The monoisotopic (exact) mass is 932 g/mol. The SMILES string of the molecule is CCCCCCCCCCCCCCCCCCC(=O)OCCCCCCCCCC/C=C\CCCCCCCCCC(=O)NC(CO)C(O)CCCCCCCCCCCCCCCC. The molecule has 0 aliphatic carbocycles. The van der Waals surface area contributed by atoms with E-state index in [-0.39, 0.29) is 18.5 Å². The molecule has 0 radical (unpaired) electrons. The van der Waals surface area contributed by atoms with Gasteiger partial charge in [0.05, 0.1) is 25.4 Å². The van der Waals surface area contributed by atoms with E-state index in [1.807, 2.05) is 0 Å². The van der Waals surface area contributed by atoms with Gasteiger partial charge in [0.15, 0.2) is 0 Å². The van der Waals surface area contributed by atoms with Crippen LogP contribution in [0.1, 0.15) is 335 Å². The van der Waals surface area contributed by atoms with E-state index in [9.17, 15) is 19.8 Å². The van der Waals surface area contributed by atoms with Gasteiger partial charge in [-0.1, -0.05) is 283 Å². The smallest absolute Gasteiger partial charge is 0.305 e. The summed E-state index contributed by atoms with van der Waals surface area (Å²) in [6, 6.07) is -0.547. The number of carbonyl (C=O) groups excluding carboxylic acids is 2. The van der Waals surface area contributed by atoms with Gasteiger partial charge in [-0.25, -0.2) is 0 Å². The molecule has 3 N–H and O–H groups in total. The molecule has 0 heterocycles. The van der Waals surface area contributed by atoms with Crippen molar-refractivity contribution >= 4 is 11.9 Å². The molecule has 0 aliphatic heterocycles. The zero-order chi connectivity index (χ0) is 47.9. The quantitative estimate of drug-likeness (QED) is 0.0321. The van der Waals surface area contributed by atoms with Gasteiger partial charge < -0.3 is 20.3 Å². The van der Waals surface area contributed by atoms with E-state index in [4.69, 9.17) is 4.74 Å². The molecule has 0 aromatic heterocycles. The van der Waals surface area contributed by atoms with Crippen LogP contribution >= 0.6 is 0 Å². The summed E-state index contributed by atoms with van der Waals surface area (Å²) in [5, 5.41) is 23.2. The minimum Gasteiger partial charge on any atom is -0.466 e. The fraction of sp³-hybridized carbons (Fsp3) is 0.933. The predicted octanol–water partition coefficient (Wildman–Crippen LogP) is 18.5. The molecule has 0 aromatic rings. The number of hydrogen-bond donors (Lipinski definition) is 3. The van der Waals surface area contributed by atoms with E-state index in [0.29, 0.717) is 25.9 Å². The number of allylic oxidation sites excluding steroid dienone is 2. The number of esters is 1. The number of unbranched alkanes of at least 4 members (excludes halogenated alkanes) is 43. The summed E-state index contributed by atoms with van der Waals surface area (Å²) < 4.78 is 5.49. The maximum atomic E-state index is 12.5. The molecule has 0 saturated heterocycles. The average molecular weight is 933 g/mol. The van der Waals surface area contributed by atoms with E-state index in [1.165, 1.54) is 263 Å². The van der Waals surface area contributed by atoms with Crippen LogP contribution in [0.3, 0.4) is 0 Å². The highest BCUT2D eigenvalue weighted by Crippen LogP contribution is 2.18. The lowest BCUT2D eigenvalue weighted by Gasteiger charge is -2.22. The Morgan fingerprint density at radius 3 is 1.08 bits per heavy atom. The van der Waals surface area contributed by atoms with Gasteiger partial charge in [-0.3, -0.25) is 9.59 Å². The van der Waals surface area contributed by atoms with Crippen LogP contribution in [0.25, 0.3) is 0 Å². The predicted molar refractivity (Wildman–Crippen MR) is 287 cm³/mol. The van der Waals surface area contributed by atoms with Crippen LogP contribution < -0.4 is 5.32 Å². The third-order valence-corrected chi connectivity index (χ3v) is 14.1. The van der Waals surface area contributed by atoms with Gasteiger partial charge in [0.1, 0.15) is 0 Å². The van der Waals surface area contributed by atoms with Crippen molar-refractivity contribution < 1.29 is 24.5 Å². The Hall–Kier alpha value is -1.40. The van der Waals surface area contributed by atoms with Crippen molar-refractivity contribution in [3.05, 3.63) is 12.2 Å². The lowest BCUT2D eigenvalue weighted by atomic mass is 10.0. The molecule has 2 unspecified atom stereocenters. The minimum atomic E-state index is -0.669. The van der Waals surface area contributed by atoms with Gasteiger partial charge in [-0.05, 0) is 51.4 Å². The zero-order valence-electron chi connectivity index (χ0n) is 44.7. The van der Waals surface area contributed by atoms with Crippen molar-refractivity contribution in [2.24, 2.45) is 0 Å². The second kappa shape index (κ2) is 56.2. The molecular formula is C60H117NO5. The number of carbonyl (C=O) groups is 2. The number of hydrogen-bond acceptors (Lipinski definition) is 5. The molecule has 0 rings (SSSR count). The molecule has 6 nitrogen and oxygen atoms in total. The Bertz CT molecular complexity index is 986. The summed E-state index contributed by atoms with van der Waals surface area (Å²) in [5.41, 5.74) is 0. The molecule has 0 spiro atoms. The van der Waals surface area contributed by atoms with Gasteiger partial charge in [0.25, 0.3) is 0 Å². The summed E-state index contributed by atoms with van der Waals surface area (Å²) in [6.07, 6.45) is 66.4. The van der Waals surface area contributed by atoms with Crippen LogP contribution in [0.4, 0.5) is 0 Å². The van der Waals surface area contributed by atoms with Crippen LogP contribution in [0.2, 0.25) is 0 Å². The normalized spacial score (nSPS) is 12.6. The Morgan fingerprint density at radius 2 is 0.712 bits per heavy atom. The van der Waals surface area contributed by atoms with Crippen LogP contribution in [0.5, 0.6) is 0 Å². The van der Waals surface area contributed by atoms with Crippen LogP contribution in [0, 0.1) is 0 Å². The lowest BCUT2D eigenvalue weighted by Crippen LogP contribution is -2.45. The summed E-state index contributed by atoms with van der Waals surface area (Å²) in [5.74, 6) is -0.0348. The van der Waals surface area contributed by atoms with E-state index in [0.717, 1.165) is 38.5 Å². The number of ether oxygens (including phenoxy) is 1. The average Bonchev–Trinajstić information content (AvgIpc) is 3.32. The van der Waals surface area contributed by atoms with Crippen molar-refractivity contribution in [3.8, 4) is 0 Å². The van der Waals surface area contributed by atoms with E-state index in [2.05, 4.69) is 31.3 Å². The Morgan fingerprint density at radius 1 is 0.409 bits per heavy atom. The summed E-state index contributed by atoms with van der Waals surface area (Å²) in [7, 11) is 0. The first-order valence-corrected chi connectivity index (χ1v) is 29.9. The van der Waals surface area contributed by atoms with Gasteiger partial charge in [0.2, 0.25) is 5.91 Å². The lowest BCUT2D eigenvalue weighted by molar-refractivity contribution is -0.143. The molecule has 66 heavy (non-hydrogen) atoms. The molecule has 0 fully saturated rings. The van der Waals surface area contributed by atoms with E-state index >= 15 is 0 Å². The molecule has 2 atom stereocenters. The summed E-state index contributed by atoms with van der Waals surface area (Å²) in [4.78, 5) is 24.5. The van der Waals surface area contributed by atoms with Gasteiger partial charge in [-0.15, -0.1) is 0 Å². The molecule has 1 amide bonds. The molecule has 6 heteroatoms. The minimum absolute atomic E-state index is 0.00800. The largest absolute Gasteiger partial charge is 0.466 e. The zero-order valence-corrected chi connectivity index (χ0v) is 44.7. The molecule has 0 aromatic carbocycles. The highest BCUT2D eigenvalue weighted by molar-refractivity contribution is 5.76. The van der Waals surface area contributed by atoms with E-state index in [1.54, 1.807) is 0 Å².